The molecular formula is C20H12Cl4N2O2. The third-order valence-corrected chi connectivity index (χ3v) is 4.50. The molecule has 0 saturated heterocycles. The molecule has 0 heterocycles. The van der Waals surface area contributed by atoms with Gasteiger partial charge < -0.3 is 10.6 Å². The molecule has 0 saturated carbocycles. The summed E-state index contributed by atoms with van der Waals surface area (Å²) in [5, 5.41) is 6.91. The molecule has 0 spiro atoms. The number of carbonyl (C=O) groups excluding carboxylic acids is 2. The van der Waals surface area contributed by atoms with Gasteiger partial charge in [0.2, 0.25) is 0 Å². The second-order valence-electron chi connectivity index (χ2n) is 5.81. The number of carbonyl (C=O) groups is 2. The van der Waals surface area contributed by atoms with Crippen LogP contribution in [0.25, 0.3) is 0 Å². The second-order valence-corrected chi connectivity index (χ2v) is 7.55. The van der Waals surface area contributed by atoms with Gasteiger partial charge in [-0.25, -0.2) is 0 Å². The Morgan fingerprint density at radius 2 is 0.929 bits per heavy atom. The van der Waals surface area contributed by atoms with Crippen molar-refractivity contribution < 1.29 is 9.59 Å². The summed E-state index contributed by atoms with van der Waals surface area (Å²) in [6.45, 7) is 0. The van der Waals surface area contributed by atoms with Gasteiger partial charge in [-0.3, -0.25) is 9.59 Å². The van der Waals surface area contributed by atoms with Crippen molar-refractivity contribution in [2.75, 3.05) is 10.6 Å². The maximum atomic E-state index is 12.4. The number of hydrogen-bond donors (Lipinski definition) is 2. The molecule has 0 fully saturated rings. The Labute approximate surface area is 181 Å². The first-order chi connectivity index (χ1) is 13.3. The highest BCUT2D eigenvalue weighted by atomic mass is 35.5. The minimum absolute atomic E-state index is 0.320. The van der Waals surface area contributed by atoms with Gasteiger partial charge in [-0.05, 0) is 54.6 Å². The van der Waals surface area contributed by atoms with Gasteiger partial charge in [0.25, 0.3) is 11.8 Å². The third-order valence-electron chi connectivity index (χ3n) is 3.63. The van der Waals surface area contributed by atoms with Crippen molar-refractivity contribution in [2.45, 2.75) is 0 Å². The summed E-state index contributed by atoms with van der Waals surface area (Å²) < 4.78 is 0. The summed E-state index contributed by atoms with van der Waals surface area (Å²) >= 11 is 23.7. The van der Waals surface area contributed by atoms with Crippen LogP contribution >= 0.6 is 46.4 Å². The minimum Gasteiger partial charge on any atom is -0.322 e. The zero-order valence-electron chi connectivity index (χ0n) is 14.1. The average Bonchev–Trinajstić information content (AvgIpc) is 2.60. The van der Waals surface area contributed by atoms with Crippen molar-refractivity contribution in [3.8, 4) is 0 Å². The summed E-state index contributed by atoms with van der Waals surface area (Å²) in [6, 6.07) is 15.8. The minimum atomic E-state index is -0.380. The summed E-state index contributed by atoms with van der Waals surface area (Å²) in [5.41, 5.74) is 1.62. The maximum absolute atomic E-state index is 12.4. The smallest absolute Gasteiger partial charge is 0.255 e. The van der Waals surface area contributed by atoms with Crippen molar-refractivity contribution in [2.24, 2.45) is 0 Å². The Morgan fingerprint density at radius 3 is 1.29 bits per heavy atom. The van der Waals surface area contributed by atoms with E-state index >= 15 is 0 Å². The van der Waals surface area contributed by atoms with E-state index in [1.54, 1.807) is 24.3 Å². The van der Waals surface area contributed by atoms with Crippen molar-refractivity contribution >= 4 is 69.6 Å². The second kappa shape index (κ2) is 8.84. The molecule has 0 bridgehead atoms. The molecule has 0 radical (unpaired) electrons. The van der Waals surface area contributed by atoms with Crippen molar-refractivity contribution in [1.29, 1.82) is 0 Å². The lowest BCUT2D eigenvalue weighted by molar-refractivity contribution is 0.101. The molecule has 0 aliphatic heterocycles. The van der Waals surface area contributed by atoms with Crippen LogP contribution in [0.1, 0.15) is 20.7 Å². The summed E-state index contributed by atoms with van der Waals surface area (Å²) in [4.78, 5) is 24.8. The SMILES string of the molecule is O=C(Nc1cccc(NC(=O)c2cc(Cl)cc(Cl)c2)c1)c1cc(Cl)cc(Cl)c1. The lowest BCUT2D eigenvalue weighted by atomic mass is 10.2. The van der Waals surface area contributed by atoms with Gasteiger partial charge >= 0.3 is 0 Å². The van der Waals surface area contributed by atoms with E-state index in [1.165, 1.54) is 36.4 Å². The molecular weight excluding hydrogens is 442 g/mol. The van der Waals surface area contributed by atoms with Crippen LogP contribution in [-0.4, -0.2) is 11.8 Å². The molecule has 8 heteroatoms. The fourth-order valence-corrected chi connectivity index (χ4v) is 3.50. The molecule has 3 aromatic rings. The number of halogens is 4. The van der Waals surface area contributed by atoms with Crippen LogP contribution in [0.3, 0.4) is 0 Å². The van der Waals surface area contributed by atoms with Crippen molar-refractivity contribution in [3.05, 3.63) is 91.9 Å². The van der Waals surface area contributed by atoms with E-state index in [9.17, 15) is 9.59 Å². The molecule has 0 aliphatic carbocycles. The largest absolute Gasteiger partial charge is 0.322 e. The predicted octanol–water partition coefficient (Wildman–Crippen LogP) is 6.80. The Bertz CT molecular complexity index is 949. The molecule has 0 aliphatic rings. The number of hydrogen-bond acceptors (Lipinski definition) is 2. The van der Waals surface area contributed by atoms with Gasteiger partial charge in [-0.1, -0.05) is 52.5 Å². The fourth-order valence-electron chi connectivity index (χ4n) is 2.45. The molecule has 0 atom stereocenters. The highest BCUT2D eigenvalue weighted by Crippen LogP contribution is 2.23. The van der Waals surface area contributed by atoms with E-state index in [0.717, 1.165) is 0 Å². The standard InChI is InChI=1S/C20H12Cl4N2O2/c21-13-4-11(5-14(22)8-13)19(27)25-17-2-1-3-18(10-17)26-20(28)12-6-15(23)9-16(24)7-12/h1-10H,(H,25,27)(H,26,28). The number of nitrogens with one attached hydrogen (secondary N) is 2. The normalized spacial score (nSPS) is 10.4. The van der Waals surface area contributed by atoms with Gasteiger partial charge in [0.15, 0.2) is 0 Å². The molecule has 3 rings (SSSR count). The van der Waals surface area contributed by atoms with Crippen LogP contribution in [-0.2, 0) is 0 Å². The van der Waals surface area contributed by atoms with Gasteiger partial charge in [-0.15, -0.1) is 0 Å². The first kappa shape index (κ1) is 20.5. The van der Waals surface area contributed by atoms with Gasteiger partial charge in [-0.2, -0.15) is 0 Å². The molecule has 2 amide bonds. The fraction of sp³-hybridized carbons (Fsp3) is 0. The van der Waals surface area contributed by atoms with E-state index in [0.29, 0.717) is 42.6 Å². The van der Waals surface area contributed by atoms with E-state index < -0.39 is 0 Å². The molecule has 0 unspecified atom stereocenters. The van der Waals surface area contributed by atoms with Crippen LogP contribution in [0.15, 0.2) is 60.7 Å². The van der Waals surface area contributed by atoms with E-state index in [4.69, 9.17) is 46.4 Å². The predicted molar refractivity (Wildman–Crippen MR) is 115 cm³/mol. The lowest BCUT2D eigenvalue weighted by Crippen LogP contribution is -2.14. The average molecular weight is 454 g/mol. The highest BCUT2D eigenvalue weighted by Gasteiger charge is 2.11. The first-order valence-corrected chi connectivity index (χ1v) is 9.46. The van der Waals surface area contributed by atoms with Crippen LogP contribution in [0.5, 0.6) is 0 Å². The van der Waals surface area contributed by atoms with E-state index in [1.807, 2.05) is 0 Å². The number of amides is 2. The Hall–Kier alpha value is -2.24. The van der Waals surface area contributed by atoms with Gasteiger partial charge in [0, 0.05) is 42.6 Å². The van der Waals surface area contributed by atoms with Gasteiger partial charge in [0.05, 0.1) is 0 Å². The van der Waals surface area contributed by atoms with Crippen LogP contribution < -0.4 is 10.6 Å². The van der Waals surface area contributed by atoms with Crippen LogP contribution in [0.4, 0.5) is 11.4 Å². The topological polar surface area (TPSA) is 58.2 Å². The number of rotatable bonds is 4. The van der Waals surface area contributed by atoms with Crippen molar-refractivity contribution in [3.63, 3.8) is 0 Å². The summed E-state index contributed by atoms with van der Waals surface area (Å²) in [7, 11) is 0. The van der Waals surface area contributed by atoms with Gasteiger partial charge in [0.1, 0.15) is 0 Å². The zero-order valence-corrected chi connectivity index (χ0v) is 17.1. The number of anilines is 2. The molecule has 28 heavy (non-hydrogen) atoms. The molecule has 4 nitrogen and oxygen atoms in total. The highest BCUT2D eigenvalue weighted by molar-refractivity contribution is 6.36. The van der Waals surface area contributed by atoms with Crippen LogP contribution in [0, 0.1) is 0 Å². The quantitative estimate of drug-likeness (QED) is 0.456. The molecule has 2 N–H and O–H groups in total. The maximum Gasteiger partial charge on any atom is 0.255 e. The number of benzene rings is 3. The molecule has 0 aromatic heterocycles. The first-order valence-electron chi connectivity index (χ1n) is 7.95. The molecule has 3 aromatic carbocycles. The molecule has 142 valence electrons. The summed E-state index contributed by atoms with van der Waals surface area (Å²) in [5.74, 6) is -0.760. The van der Waals surface area contributed by atoms with Crippen molar-refractivity contribution in [1.82, 2.24) is 0 Å². The zero-order chi connectivity index (χ0) is 20.3. The van der Waals surface area contributed by atoms with E-state index in [-0.39, 0.29) is 11.8 Å². The summed E-state index contributed by atoms with van der Waals surface area (Å²) in [6.07, 6.45) is 0. The lowest BCUT2D eigenvalue weighted by Gasteiger charge is -2.10. The third kappa shape index (κ3) is 5.40. The van der Waals surface area contributed by atoms with E-state index in [2.05, 4.69) is 10.6 Å². The van der Waals surface area contributed by atoms with Crippen LogP contribution in [0.2, 0.25) is 20.1 Å². The Balaban J connectivity index is 1.75. The Morgan fingerprint density at radius 1 is 0.571 bits per heavy atom. The Kier molecular flexibility index (Phi) is 6.47. The monoisotopic (exact) mass is 452 g/mol.